The monoisotopic (exact) mass is 483 g/mol. The van der Waals surface area contributed by atoms with Crippen LogP contribution in [0, 0.1) is 0 Å². The molecule has 0 saturated carbocycles. The van der Waals surface area contributed by atoms with E-state index in [1.54, 1.807) is 25.1 Å². The lowest BCUT2D eigenvalue weighted by Crippen LogP contribution is -2.35. The van der Waals surface area contributed by atoms with Crippen LogP contribution < -0.4 is 5.73 Å². The molecule has 3 heterocycles. The summed E-state index contributed by atoms with van der Waals surface area (Å²) < 4.78 is 37.8. The van der Waals surface area contributed by atoms with Gasteiger partial charge in [0.2, 0.25) is 5.28 Å². The number of sulfone groups is 1. The molecule has 1 fully saturated rings. The summed E-state index contributed by atoms with van der Waals surface area (Å²) in [4.78, 5) is 12.2. The van der Waals surface area contributed by atoms with Crippen molar-refractivity contribution in [3.8, 4) is 0 Å². The number of halogens is 1. The highest BCUT2D eigenvalue weighted by Crippen LogP contribution is 2.32. The van der Waals surface area contributed by atoms with Crippen molar-refractivity contribution in [3.63, 3.8) is 0 Å². The second-order valence-corrected chi connectivity index (χ2v) is 9.86. The molecular weight excluding hydrogens is 462 g/mol. The van der Waals surface area contributed by atoms with E-state index in [1.165, 1.54) is 23.0 Å². The summed E-state index contributed by atoms with van der Waals surface area (Å²) in [5.41, 5.74) is 6.31. The van der Waals surface area contributed by atoms with E-state index >= 15 is 0 Å². The molecule has 32 heavy (non-hydrogen) atoms. The molecule has 1 aliphatic rings. The molecule has 4 rings (SSSR count). The number of nitrogens with two attached hydrogens (primary N) is 1. The van der Waals surface area contributed by atoms with E-state index in [-0.39, 0.29) is 39.5 Å². The first-order chi connectivity index (χ1) is 15.2. The Morgan fingerprint density at radius 3 is 2.69 bits per heavy atom. The van der Waals surface area contributed by atoms with E-state index < -0.39 is 40.5 Å². The number of aliphatic hydroxyl groups is 2. The molecule has 0 unspecified atom stereocenters. The molecule has 0 aliphatic carbocycles. The van der Waals surface area contributed by atoms with Crippen molar-refractivity contribution in [2.75, 3.05) is 18.1 Å². The maximum Gasteiger partial charge on any atom is 0.226 e. The van der Waals surface area contributed by atoms with Crippen LogP contribution in [0.15, 0.2) is 41.6 Å². The Balaban J connectivity index is 1.43. The van der Waals surface area contributed by atoms with Gasteiger partial charge in [0, 0.05) is 0 Å². The zero-order chi connectivity index (χ0) is 23.0. The van der Waals surface area contributed by atoms with Gasteiger partial charge in [-0.15, -0.1) is 0 Å². The molecule has 0 radical (unpaired) electrons. The van der Waals surface area contributed by atoms with Crippen LogP contribution in [0.25, 0.3) is 11.2 Å². The van der Waals surface area contributed by atoms with Crippen LogP contribution in [-0.2, 0) is 19.3 Å². The Kier molecular flexibility index (Phi) is 6.34. The fraction of sp³-hybridized carbons (Fsp3) is 0.421. The Morgan fingerprint density at radius 1 is 1.25 bits per heavy atom. The molecule has 2 aromatic heterocycles. The van der Waals surface area contributed by atoms with Crippen molar-refractivity contribution in [1.29, 1.82) is 0 Å². The van der Waals surface area contributed by atoms with Crippen LogP contribution in [-0.4, -0.2) is 74.9 Å². The van der Waals surface area contributed by atoms with E-state index in [0.717, 1.165) is 0 Å². The average molecular weight is 484 g/mol. The van der Waals surface area contributed by atoms with E-state index in [9.17, 15) is 18.6 Å². The average Bonchev–Trinajstić information content (AvgIpc) is 3.28. The third-order valence-electron chi connectivity index (χ3n) is 5.13. The van der Waals surface area contributed by atoms with Crippen LogP contribution in [0.5, 0.6) is 0 Å². The lowest BCUT2D eigenvalue weighted by Gasteiger charge is -2.19. The van der Waals surface area contributed by atoms with Gasteiger partial charge in [0.1, 0.15) is 23.8 Å². The molecule has 0 amide bonds. The van der Waals surface area contributed by atoms with Crippen LogP contribution in [0.4, 0.5) is 5.82 Å². The summed E-state index contributed by atoms with van der Waals surface area (Å²) in [7, 11) is -3.54. The minimum Gasteiger partial charge on any atom is -0.387 e. The number of rotatable bonds is 7. The summed E-state index contributed by atoms with van der Waals surface area (Å²) in [6, 6.07) is 8.06. The number of aromatic nitrogens is 4. The molecule has 4 N–H and O–H groups in total. The summed E-state index contributed by atoms with van der Waals surface area (Å²) in [6.07, 6.45) is -3.87. The quantitative estimate of drug-likeness (QED) is 0.404. The van der Waals surface area contributed by atoms with Crippen LogP contribution in [0.1, 0.15) is 13.2 Å². The largest absolute Gasteiger partial charge is 0.387 e. The second kappa shape index (κ2) is 8.89. The fourth-order valence-corrected chi connectivity index (χ4v) is 5.18. The Labute approximate surface area is 188 Å². The normalized spacial score (nSPS) is 24.8. The maximum atomic E-state index is 12.5. The Morgan fingerprint density at radius 2 is 1.97 bits per heavy atom. The molecule has 5 atom stereocenters. The van der Waals surface area contributed by atoms with Gasteiger partial charge >= 0.3 is 0 Å². The number of benzene rings is 1. The fourth-order valence-electron chi connectivity index (χ4n) is 3.53. The summed E-state index contributed by atoms with van der Waals surface area (Å²) in [6.45, 7) is 1.48. The van der Waals surface area contributed by atoms with E-state index in [4.69, 9.17) is 26.8 Å². The molecule has 0 spiro atoms. The number of anilines is 1. The number of nitrogens with zero attached hydrogens (tertiary/aromatic N) is 4. The summed E-state index contributed by atoms with van der Waals surface area (Å²) in [5.74, 6) is -0.174. The lowest BCUT2D eigenvalue weighted by molar-refractivity contribution is -0.0750. The van der Waals surface area contributed by atoms with Gasteiger partial charge in [0.15, 0.2) is 27.5 Å². The molecule has 0 bridgehead atoms. The highest BCUT2D eigenvalue weighted by atomic mass is 35.5. The SMILES string of the molecule is C[C@H](CS(=O)(=O)c1ccccc1)OC[C@H]1O[C@@H](n2cnc3c(N)nc(Cl)nc32)[C@H](O)[C@@H]1O. The number of hydrogen-bond donors (Lipinski definition) is 3. The smallest absolute Gasteiger partial charge is 0.226 e. The van der Waals surface area contributed by atoms with Crippen molar-refractivity contribution in [2.24, 2.45) is 0 Å². The summed E-state index contributed by atoms with van der Waals surface area (Å²) in [5, 5.41) is 20.9. The molecule has 1 aliphatic heterocycles. The van der Waals surface area contributed by atoms with E-state index in [0.29, 0.717) is 0 Å². The first kappa shape index (κ1) is 22.8. The van der Waals surface area contributed by atoms with Gasteiger partial charge in [-0.1, -0.05) is 18.2 Å². The summed E-state index contributed by atoms with van der Waals surface area (Å²) >= 11 is 5.87. The van der Waals surface area contributed by atoms with E-state index in [2.05, 4.69) is 15.0 Å². The number of hydrogen-bond acceptors (Lipinski definition) is 10. The minimum atomic E-state index is -3.54. The van der Waals surface area contributed by atoms with Crippen LogP contribution in [0.2, 0.25) is 5.28 Å². The van der Waals surface area contributed by atoms with Gasteiger partial charge in [-0.2, -0.15) is 9.97 Å². The number of nitrogen functional groups attached to an aromatic ring is 1. The lowest BCUT2D eigenvalue weighted by atomic mass is 10.1. The Bertz CT molecular complexity index is 1210. The van der Waals surface area contributed by atoms with Gasteiger partial charge in [-0.05, 0) is 30.7 Å². The van der Waals surface area contributed by atoms with Gasteiger partial charge in [0.05, 0.1) is 29.7 Å². The van der Waals surface area contributed by atoms with Crippen molar-refractivity contribution < 1.29 is 28.1 Å². The number of imidazole rings is 1. The van der Waals surface area contributed by atoms with Crippen molar-refractivity contribution in [3.05, 3.63) is 41.9 Å². The minimum absolute atomic E-state index is 0.0696. The van der Waals surface area contributed by atoms with Crippen molar-refractivity contribution >= 4 is 38.4 Å². The van der Waals surface area contributed by atoms with Gasteiger partial charge in [-0.25, -0.2) is 13.4 Å². The number of fused-ring (bicyclic) bond motifs is 1. The zero-order valence-corrected chi connectivity index (χ0v) is 18.5. The molecule has 172 valence electrons. The zero-order valence-electron chi connectivity index (χ0n) is 16.9. The molecule has 1 aromatic carbocycles. The molecule has 13 heteroatoms. The third-order valence-corrected chi connectivity index (χ3v) is 7.20. The third kappa shape index (κ3) is 4.42. The predicted octanol–water partition coefficient (Wildman–Crippen LogP) is 0.560. The standard InChI is InChI=1S/C19H22ClN5O6S/c1-10(8-32(28,29)11-5-3-2-4-6-11)30-7-12-14(26)15(27)18(31-12)25-9-22-13-16(21)23-19(20)24-17(13)25/h2-6,9-10,12,14-15,18,26-27H,7-8H2,1H3,(H2,21,23,24)/t10-,12-,14-,15-,18-/m1/s1. The number of ether oxygens (including phenoxy) is 2. The first-order valence-corrected chi connectivity index (χ1v) is 11.8. The van der Waals surface area contributed by atoms with Crippen molar-refractivity contribution in [2.45, 2.75) is 42.5 Å². The maximum absolute atomic E-state index is 12.5. The van der Waals surface area contributed by atoms with Gasteiger partial charge in [-0.3, -0.25) is 4.57 Å². The van der Waals surface area contributed by atoms with Gasteiger partial charge in [0.25, 0.3) is 0 Å². The Hall–Kier alpha value is -2.35. The second-order valence-electron chi connectivity index (χ2n) is 7.49. The van der Waals surface area contributed by atoms with Crippen molar-refractivity contribution in [1.82, 2.24) is 19.5 Å². The highest BCUT2D eigenvalue weighted by Gasteiger charge is 2.44. The highest BCUT2D eigenvalue weighted by molar-refractivity contribution is 7.91. The van der Waals surface area contributed by atoms with Gasteiger partial charge < -0.3 is 25.4 Å². The molecule has 1 saturated heterocycles. The first-order valence-electron chi connectivity index (χ1n) is 9.74. The predicted molar refractivity (Wildman–Crippen MR) is 115 cm³/mol. The number of aliphatic hydroxyl groups excluding tert-OH is 2. The molecule has 11 nitrogen and oxygen atoms in total. The van der Waals surface area contributed by atoms with Crippen LogP contribution in [0.3, 0.4) is 0 Å². The molecule has 3 aromatic rings. The van der Waals surface area contributed by atoms with E-state index in [1.807, 2.05) is 0 Å². The molecular formula is C19H22ClN5O6S. The topological polar surface area (TPSA) is 163 Å². The van der Waals surface area contributed by atoms with Crippen LogP contribution >= 0.6 is 11.6 Å².